The fourth-order valence-corrected chi connectivity index (χ4v) is 2.95. The summed E-state index contributed by atoms with van der Waals surface area (Å²) in [5, 5.41) is 9.19. The first-order valence-corrected chi connectivity index (χ1v) is 5.78. The van der Waals surface area contributed by atoms with Crippen molar-refractivity contribution in [3.8, 4) is 0 Å². The van der Waals surface area contributed by atoms with E-state index >= 15 is 0 Å². The number of rotatable bonds is 1. The molecule has 16 heavy (non-hydrogen) atoms. The summed E-state index contributed by atoms with van der Waals surface area (Å²) < 4.78 is 0. The number of amides is 1. The zero-order valence-corrected chi connectivity index (χ0v) is 9.80. The number of carbonyl (C=O) groups excluding carboxylic acids is 1. The van der Waals surface area contributed by atoms with Crippen LogP contribution in [-0.2, 0) is 4.79 Å². The van der Waals surface area contributed by atoms with Crippen LogP contribution < -0.4 is 4.90 Å². The second-order valence-corrected chi connectivity index (χ2v) is 5.19. The van der Waals surface area contributed by atoms with E-state index in [0.29, 0.717) is 17.1 Å². The molecule has 5 nitrogen and oxygen atoms in total. The number of carbonyl (C=O) groups is 2. The number of carboxylic acid groups (broad SMARTS) is 1. The summed E-state index contributed by atoms with van der Waals surface area (Å²) in [4.78, 5) is 27.4. The molecule has 6 heteroatoms. The molecule has 2 N–H and O–H groups in total. The number of fused-ring (bicyclic) bond motifs is 1. The fraction of sp³-hybridized carbons (Fsp3) is 0.400. The number of hydrogen-bond acceptors (Lipinski definition) is 3. The molecule has 1 aliphatic rings. The zero-order chi connectivity index (χ0) is 11.9. The molecular formula is C10H12N2O3S. The first-order valence-electron chi connectivity index (χ1n) is 4.90. The summed E-state index contributed by atoms with van der Waals surface area (Å²) in [6.45, 7) is 4.08. The Morgan fingerprint density at radius 2 is 2.31 bits per heavy atom. The quantitative estimate of drug-likeness (QED) is 0.781. The molecule has 0 bridgehead atoms. The smallest absolute Gasteiger partial charge is 0.353 e. The number of nitrogens with one attached hydrogen (secondary N) is 1. The maximum absolute atomic E-state index is 11.4. The number of aromatic nitrogens is 1. The SMILES string of the molecule is CC(=O)N1CC(C)Sc2c1c[nH]c2C(=O)O. The summed E-state index contributed by atoms with van der Waals surface area (Å²) in [7, 11) is 0. The third-order valence-electron chi connectivity index (χ3n) is 2.46. The van der Waals surface area contributed by atoms with Gasteiger partial charge in [0.25, 0.3) is 0 Å². The van der Waals surface area contributed by atoms with Crippen LogP contribution in [0.1, 0.15) is 24.3 Å². The number of carboxylic acids is 1. The van der Waals surface area contributed by atoms with Gasteiger partial charge in [-0.05, 0) is 0 Å². The van der Waals surface area contributed by atoms with Gasteiger partial charge in [-0.2, -0.15) is 0 Å². The van der Waals surface area contributed by atoms with Gasteiger partial charge in [0.1, 0.15) is 5.69 Å². The Hall–Kier alpha value is -1.43. The van der Waals surface area contributed by atoms with Gasteiger partial charge in [0.15, 0.2) is 0 Å². The van der Waals surface area contributed by atoms with Gasteiger partial charge in [-0.3, -0.25) is 4.79 Å². The van der Waals surface area contributed by atoms with Crippen LogP contribution in [0.3, 0.4) is 0 Å². The fourth-order valence-electron chi connectivity index (χ4n) is 1.77. The van der Waals surface area contributed by atoms with Gasteiger partial charge in [-0.1, -0.05) is 6.92 Å². The van der Waals surface area contributed by atoms with Gasteiger partial charge in [-0.25, -0.2) is 4.79 Å². The van der Waals surface area contributed by atoms with Gasteiger partial charge in [0, 0.05) is 24.9 Å². The normalized spacial score (nSPS) is 19.4. The van der Waals surface area contributed by atoms with E-state index in [1.807, 2.05) is 6.92 Å². The summed E-state index contributed by atoms with van der Waals surface area (Å²) in [6.07, 6.45) is 1.58. The molecule has 1 aromatic rings. The van der Waals surface area contributed by atoms with Crippen LogP contribution >= 0.6 is 11.8 Å². The highest BCUT2D eigenvalue weighted by Gasteiger charge is 2.30. The molecule has 0 saturated carbocycles. The van der Waals surface area contributed by atoms with Crippen LogP contribution in [0.25, 0.3) is 0 Å². The van der Waals surface area contributed by atoms with E-state index in [0.717, 1.165) is 0 Å². The molecular weight excluding hydrogens is 228 g/mol. The highest BCUT2D eigenvalue weighted by Crippen LogP contribution is 2.40. The lowest BCUT2D eigenvalue weighted by atomic mass is 10.3. The van der Waals surface area contributed by atoms with Gasteiger partial charge >= 0.3 is 5.97 Å². The molecule has 1 aromatic heterocycles. The molecule has 2 rings (SSSR count). The third-order valence-corrected chi connectivity index (χ3v) is 3.66. The molecule has 0 saturated heterocycles. The highest BCUT2D eigenvalue weighted by atomic mass is 32.2. The number of nitrogens with zero attached hydrogens (tertiary/aromatic N) is 1. The van der Waals surface area contributed by atoms with Crippen LogP contribution in [-0.4, -0.2) is 33.8 Å². The second-order valence-electron chi connectivity index (χ2n) is 3.74. The number of aromatic amines is 1. The number of thioether (sulfide) groups is 1. The molecule has 1 amide bonds. The van der Waals surface area contributed by atoms with Crippen molar-refractivity contribution >= 4 is 29.3 Å². The molecule has 2 heterocycles. The van der Waals surface area contributed by atoms with Crippen molar-refractivity contribution < 1.29 is 14.7 Å². The van der Waals surface area contributed by atoms with Crippen molar-refractivity contribution in [2.45, 2.75) is 24.0 Å². The van der Waals surface area contributed by atoms with Gasteiger partial charge in [0.2, 0.25) is 5.91 Å². The molecule has 86 valence electrons. The molecule has 0 spiro atoms. The number of H-pyrrole nitrogens is 1. The summed E-state index contributed by atoms with van der Waals surface area (Å²) in [5.74, 6) is -1.06. The van der Waals surface area contributed by atoms with Crippen molar-refractivity contribution in [3.63, 3.8) is 0 Å². The van der Waals surface area contributed by atoms with Crippen molar-refractivity contribution in [1.82, 2.24) is 4.98 Å². The Labute approximate surface area is 96.8 Å². The number of anilines is 1. The standard InChI is InChI=1S/C10H12N2O3S/c1-5-4-12(6(2)13)7-3-11-8(10(14)15)9(7)16-5/h3,5,11H,4H2,1-2H3,(H,14,15). The lowest BCUT2D eigenvalue weighted by Crippen LogP contribution is -2.36. The Bertz CT molecular complexity index is 455. The van der Waals surface area contributed by atoms with Gasteiger partial charge < -0.3 is 15.0 Å². The molecule has 0 aromatic carbocycles. The van der Waals surface area contributed by atoms with Crippen LogP contribution in [0.2, 0.25) is 0 Å². The largest absolute Gasteiger partial charge is 0.477 e. The van der Waals surface area contributed by atoms with E-state index in [4.69, 9.17) is 5.11 Å². The van der Waals surface area contributed by atoms with Crippen LogP contribution in [0.4, 0.5) is 5.69 Å². The lowest BCUT2D eigenvalue weighted by molar-refractivity contribution is -0.116. The Morgan fingerprint density at radius 1 is 1.62 bits per heavy atom. The Kier molecular flexibility index (Phi) is 2.67. The lowest BCUT2D eigenvalue weighted by Gasteiger charge is -2.29. The maximum Gasteiger partial charge on any atom is 0.353 e. The molecule has 1 atom stereocenters. The van der Waals surface area contributed by atoms with E-state index in [-0.39, 0.29) is 16.9 Å². The van der Waals surface area contributed by atoms with Crippen molar-refractivity contribution in [3.05, 3.63) is 11.9 Å². The second kappa shape index (κ2) is 3.86. The average Bonchev–Trinajstić information content (AvgIpc) is 2.59. The molecule has 1 aliphatic heterocycles. The van der Waals surface area contributed by atoms with Crippen molar-refractivity contribution in [1.29, 1.82) is 0 Å². The van der Waals surface area contributed by atoms with E-state index in [2.05, 4.69) is 4.98 Å². The molecule has 1 unspecified atom stereocenters. The van der Waals surface area contributed by atoms with E-state index in [1.54, 1.807) is 11.1 Å². The molecule has 0 fully saturated rings. The molecule has 0 radical (unpaired) electrons. The zero-order valence-electron chi connectivity index (χ0n) is 8.98. The Balaban J connectivity index is 2.49. The highest BCUT2D eigenvalue weighted by molar-refractivity contribution is 8.00. The molecule has 0 aliphatic carbocycles. The topological polar surface area (TPSA) is 73.4 Å². The van der Waals surface area contributed by atoms with E-state index < -0.39 is 5.97 Å². The predicted molar refractivity (Wildman–Crippen MR) is 61.1 cm³/mol. The van der Waals surface area contributed by atoms with E-state index in [1.165, 1.54) is 18.7 Å². The van der Waals surface area contributed by atoms with E-state index in [9.17, 15) is 9.59 Å². The minimum Gasteiger partial charge on any atom is -0.477 e. The van der Waals surface area contributed by atoms with Crippen LogP contribution in [0, 0.1) is 0 Å². The summed E-state index contributed by atoms with van der Waals surface area (Å²) >= 11 is 1.49. The van der Waals surface area contributed by atoms with Crippen molar-refractivity contribution in [2.75, 3.05) is 11.4 Å². The Morgan fingerprint density at radius 3 is 2.88 bits per heavy atom. The first kappa shape index (κ1) is 11.1. The average molecular weight is 240 g/mol. The first-order chi connectivity index (χ1) is 7.50. The van der Waals surface area contributed by atoms with Crippen LogP contribution in [0.5, 0.6) is 0 Å². The predicted octanol–water partition coefficient (Wildman–Crippen LogP) is 1.56. The number of hydrogen-bond donors (Lipinski definition) is 2. The van der Waals surface area contributed by atoms with Gasteiger partial charge in [-0.15, -0.1) is 11.8 Å². The van der Waals surface area contributed by atoms with Gasteiger partial charge in [0.05, 0.1) is 10.6 Å². The third kappa shape index (κ3) is 1.69. The number of aromatic carboxylic acids is 1. The van der Waals surface area contributed by atoms with Crippen LogP contribution in [0.15, 0.2) is 11.1 Å². The summed E-state index contributed by atoms with van der Waals surface area (Å²) in [5.41, 5.74) is 0.839. The van der Waals surface area contributed by atoms with Crippen molar-refractivity contribution in [2.24, 2.45) is 0 Å². The minimum atomic E-state index is -0.994. The maximum atomic E-state index is 11.4. The summed E-state index contributed by atoms with van der Waals surface area (Å²) in [6, 6.07) is 0. The monoisotopic (exact) mass is 240 g/mol. The minimum absolute atomic E-state index is 0.0654.